The third-order valence-corrected chi connectivity index (χ3v) is 2.94. The van der Waals surface area contributed by atoms with Crippen molar-refractivity contribution in [2.75, 3.05) is 26.7 Å². The Morgan fingerprint density at radius 3 is 2.73 bits per heavy atom. The van der Waals surface area contributed by atoms with Crippen molar-refractivity contribution >= 4 is 11.9 Å². The van der Waals surface area contributed by atoms with Crippen molar-refractivity contribution in [1.82, 2.24) is 10.2 Å². The lowest BCUT2D eigenvalue weighted by atomic mass is 9.82. The Morgan fingerprint density at radius 1 is 1.53 bits per heavy atom. The number of rotatable bonds is 3. The standard InChI is InChI=1S/C10H18N2O3/c1-10(9(14)15)4-3-5-12(7-10)6-8(13)11-2/h3-7H2,1-2H3,(H,11,13)(H,14,15). The van der Waals surface area contributed by atoms with E-state index >= 15 is 0 Å². The van der Waals surface area contributed by atoms with Gasteiger partial charge in [-0.05, 0) is 26.3 Å². The zero-order valence-corrected chi connectivity index (χ0v) is 9.25. The van der Waals surface area contributed by atoms with Gasteiger partial charge >= 0.3 is 5.97 Å². The summed E-state index contributed by atoms with van der Waals surface area (Å²) in [4.78, 5) is 24.1. The largest absolute Gasteiger partial charge is 0.481 e. The van der Waals surface area contributed by atoms with E-state index in [0.29, 0.717) is 19.5 Å². The summed E-state index contributed by atoms with van der Waals surface area (Å²) in [7, 11) is 1.59. The van der Waals surface area contributed by atoms with Crippen LogP contribution < -0.4 is 5.32 Å². The predicted octanol–water partition coefficient (Wildman–Crippen LogP) is -0.0809. The van der Waals surface area contributed by atoms with Crippen LogP contribution in [0.2, 0.25) is 0 Å². The number of amides is 1. The molecule has 2 N–H and O–H groups in total. The molecular weight excluding hydrogens is 196 g/mol. The van der Waals surface area contributed by atoms with E-state index in [4.69, 9.17) is 5.11 Å². The summed E-state index contributed by atoms with van der Waals surface area (Å²) in [6.07, 6.45) is 1.52. The molecule has 1 unspecified atom stereocenters. The van der Waals surface area contributed by atoms with Gasteiger partial charge in [0.1, 0.15) is 0 Å². The van der Waals surface area contributed by atoms with Crippen molar-refractivity contribution in [3.05, 3.63) is 0 Å². The molecule has 5 heteroatoms. The molecule has 0 radical (unpaired) electrons. The number of hydrogen-bond acceptors (Lipinski definition) is 3. The highest BCUT2D eigenvalue weighted by atomic mass is 16.4. The predicted molar refractivity (Wildman–Crippen MR) is 55.5 cm³/mol. The lowest BCUT2D eigenvalue weighted by Crippen LogP contribution is -2.48. The highest BCUT2D eigenvalue weighted by Gasteiger charge is 2.37. The maximum absolute atomic E-state index is 11.2. The van der Waals surface area contributed by atoms with Crippen molar-refractivity contribution in [2.45, 2.75) is 19.8 Å². The molecule has 5 nitrogen and oxygen atoms in total. The molecule has 1 saturated heterocycles. The van der Waals surface area contributed by atoms with Crippen LogP contribution in [0.25, 0.3) is 0 Å². The van der Waals surface area contributed by atoms with Crippen LogP contribution in [0, 0.1) is 5.41 Å². The van der Waals surface area contributed by atoms with Crippen LogP contribution in [-0.2, 0) is 9.59 Å². The monoisotopic (exact) mass is 214 g/mol. The fraction of sp³-hybridized carbons (Fsp3) is 0.800. The van der Waals surface area contributed by atoms with Crippen LogP contribution in [0.5, 0.6) is 0 Å². The van der Waals surface area contributed by atoms with Crippen molar-refractivity contribution in [3.63, 3.8) is 0 Å². The third-order valence-electron chi connectivity index (χ3n) is 2.94. The van der Waals surface area contributed by atoms with E-state index in [1.165, 1.54) is 0 Å². The number of likely N-dealkylation sites (N-methyl/N-ethyl adjacent to an activating group) is 1. The first-order valence-corrected chi connectivity index (χ1v) is 5.14. The Morgan fingerprint density at radius 2 is 2.20 bits per heavy atom. The van der Waals surface area contributed by atoms with Gasteiger partial charge in [-0.2, -0.15) is 0 Å². The van der Waals surface area contributed by atoms with E-state index in [0.717, 1.165) is 13.0 Å². The fourth-order valence-corrected chi connectivity index (χ4v) is 1.94. The molecular formula is C10H18N2O3. The summed E-state index contributed by atoms with van der Waals surface area (Å²) < 4.78 is 0. The minimum Gasteiger partial charge on any atom is -0.481 e. The summed E-state index contributed by atoms with van der Waals surface area (Å²) in [5, 5.41) is 11.6. The molecule has 1 fully saturated rings. The number of carboxylic acid groups (broad SMARTS) is 1. The van der Waals surface area contributed by atoms with Crippen LogP contribution in [0.3, 0.4) is 0 Å². The second kappa shape index (κ2) is 4.61. The van der Waals surface area contributed by atoms with Gasteiger partial charge in [-0.25, -0.2) is 0 Å². The summed E-state index contributed by atoms with van der Waals surface area (Å²) in [6.45, 7) is 3.29. The minimum atomic E-state index is -0.774. The van der Waals surface area contributed by atoms with Gasteiger partial charge in [-0.1, -0.05) is 0 Å². The average Bonchev–Trinajstić information content (AvgIpc) is 2.17. The molecule has 0 aromatic rings. The van der Waals surface area contributed by atoms with Gasteiger partial charge in [0.25, 0.3) is 0 Å². The van der Waals surface area contributed by atoms with Crippen molar-refractivity contribution in [3.8, 4) is 0 Å². The van der Waals surface area contributed by atoms with E-state index < -0.39 is 11.4 Å². The van der Waals surface area contributed by atoms with E-state index in [1.54, 1.807) is 14.0 Å². The van der Waals surface area contributed by atoms with Crippen LogP contribution >= 0.6 is 0 Å². The van der Waals surface area contributed by atoms with Gasteiger partial charge < -0.3 is 10.4 Å². The Balaban J connectivity index is 2.56. The molecule has 0 saturated carbocycles. The highest BCUT2D eigenvalue weighted by molar-refractivity contribution is 5.78. The van der Waals surface area contributed by atoms with Crippen molar-refractivity contribution < 1.29 is 14.7 Å². The van der Waals surface area contributed by atoms with Crippen molar-refractivity contribution in [1.29, 1.82) is 0 Å². The third kappa shape index (κ3) is 2.92. The normalized spacial score (nSPS) is 27.3. The topological polar surface area (TPSA) is 69.6 Å². The first-order chi connectivity index (χ1) is 6.98. The van der Waals surface area contributed by atoms with Gasteiger partial charge in [0.05, 0.1) is 12.0 Å². The van der Waals surface area contributed by atoms with E-state index in [-0.39, 0.29) is 5.91 Å². The van der Waals surface area contributed by atoms with E-state index in [1.807, 2.05) is 4.90 Å². The second-order valence-electron chi connectivity index (χ2n) is 4.35. The number of aliphatic carboxylic acids is 1. The molecule has 0 bridgehead atoms. The maximum Gasteiger partial charge on any atom is 0.310 e. The number of carboxylic acids is 1. The molecule has 1 atom stereocenters. The Labute approximate surface area is 89.4 Å². The fourth-order valence-electron chi connectivity index (χ4n) is 1.94. The zero-order valence-electron chi connectivity index (χ0n) is 9.25. The van der Waals surface area contributed by atoms with Gasteiger partial charge in [-0.3, -0.25) is 14.5 Å². The van der Waals surface area contributed by atoms with Crippen LogP contribution in [0.1, 0.15) is 19.8 Å². The number of carbonyl (C=O) groups is 2. The summed E-state index contributed by atoms with van der Waals surface area (Å²) >= 11 is 0. The van der Waals surface area contributed by atoms with Crippen LogP contribution in [0.4, 0.5) is 0 Å². The lowest BCUT2D eigenvalue weighted by Gasteiger charge is -2.36. The number of carbonyl (C=O) groups excluding carboxylic acids is 1. The molecule has 1 rings (SSSR count). The van der Waals surface area contributed by atoms with Crippen LogP contribution in [-0.4, -0.2) is 48.6 Å². The molecule has 0 aromatic heterocycles. The maximum atomic E-state index is 11.2. The first-order valence-electron chi connectivity index (χ1n) is 5.14. The molecule has 1 aliphatic rings. The van der Waals surface area contributed by atoms with Gasteiger partial charge in [0.15, 0.2) is 0 Å². The van der Waals surface area contributed by atoms with Gasteiger partial charge in [0.2, 0.25) is 5.91 Å². The SMILES string of the molecule is CNC(=O)CN1CCCC(C)(C(=O)O)C1. The molecule has 1 amide bonds. The number of nitrogens with zero attached hydrogens (tertiary/aromatic N) is 1. The number of likely N-dealkylation sites (tertiary alicyclic amines) is 1. The number of hydrogen-bond donors (Lipinski definition) is 2. The summed E-state index contributed by atoms with van der Waals surface area (Å²) in [5.41, 5.74) is -0.702. The number of nitrogens with one attached hydrogen (secondary N) is 1. The lowest BCUT2D eigenvalue weighted by molar-refractivity contribution is -0.151. The smallest absolute Gasteiger partial charge is 0.310 e. The Kier molecular flexibility index (Phi) is 3.68. The molecule has 15 heavy (non-hydrogen) atoms. The molecule has 86 valence electrons. The molecule has 0 aliphatic carbocycles. The first kappa shape index (κ1) is 12.0. The second-order valence-corrected chi connectivity index (χ2v) is 4.35. The van der Waals surface area contributed by atoms with Gasteiger partial charge in [-0.15, -0.1) is 0 Å². The summed E-state index contributed by atoms with van der Waals surface area (Å²) in [6, 6.07) is 0. The molecule has 0 aromatic carbocycles. The quantitative estimate of drug-likeness (QED) is 0.689. The Hall–Kier alpha value is -1.10. The molecule has 1 heterocycles. The molecule has 0 spiro atoms. The van der Waals surface area contributed by atoms with E-state index in [2.05, 4.69) is 5.32 Å². The zero-order chi connectivity index (χ0) is 11.5. The average molecular weight is 214 g/mol. The Bertz CT molecular complexity index is 267. The van der Waals surface area contributed by atoms with Gasteiger partial charge in [0, 0.05) is 13.6 Å². The van der Waals surface area contributed by atoms with Crippen molar-refractivity contribution in [2.24, 2.45) is 5.41 Å². The molecule has 1 aliphatic heterocycles. The van der Waals surface area contributed by atoms with Crippen LogP contribution in [0.15, 0.2) is 0 Å². The minimum absolute atomic E-state index is 0.0651. The summed E-state index contributed by atoms with van der Waals surface area (Å²) in [5.74, 6) is -0.839. The highest BCUT2D eigenvalue weighted by Crippen LogP contribution is 2.29. The van der Waals surface area contributed by atoms with E-state index in [9.17, 15) is 9.59 Å². The number of piperidine rings is 1.